The average molecular weight is 446 g/mol. The van der Waals surface area contributed by atoms with E-state index in [4.69, 9.17) is 27.9 Å². The second-order valence-corrected chi connectivity index (χ2v) is 7.69. The maximum absolute atomic E-state index is 12.3. The lowest BCUT2D eigenvalue weighted by atomic mass is 10.1. The van der Waals surface area contributed by atoms with Gasteiger partial charge >= 0.3 is 5.97 Å². The molecule has 0 spiro atoms. The van der Waals surface area contributed by atoms with Gasteiger partial charge in [0.05, 0.1) is 23.0 Å². The van der Waals surface area contributed by atoms with Gasteiger partial charge in [-0.05, 0) is 69.3 Å². The van der Waals surface area contributed by atoms with Crippen LogP contribution in [0.25, 0.3) is 16.9 Å². The third-order valence-electron chi connectivity index (χ3n) is 4.19. The number of carbonyl (C=O) groups excluding carboxylic acids is 2. The molecule has 3 aromatic rings. The van der Waals surface area contributed by atoms with E-state index in [-0.39, 0.29) is 24.2 Å². The van der Waals surface area contributed by atoms with Gasteiger partial charge in [-0.25, -0.2) is 9.48 Å². The van der Waals surface area contributed by atoms with E-state index >= 15 is 0 Å². The molecular weight excluding hydrogens is 425 g/mol. The second-order valence-electron chi connectivity index (χ2n) is 6.85. The molecule has 0 radical (unpaired) electrons. The Balaban J connectivity index is 2.06. The van der Waals surface area contributed by atoms with Gasteiger partial charge in [0.15, 0.2) is 5.69 Å². The van der Waals surface area contributed by atoms with Crippen molar-refractivity contribution in [2.24, 2.45) is 0 Å². The zero-order valence-corrected chi connectivity index (χ0v) is 18.3. The molecular formula is C22H21Cl2N3O3. The Hall–Kier alpha value is -2.83. The molecule has 1 aromatic heterocycles. The Labute approximate surface area is 184 Å². The van der Waals surface area contributed by atoms with Crippen molar-refractivity contribution >= 4 is 35.1 Å². The minimum atomic E-state index is -0.532. The van der Waals surface area contributed by atoms with Crippen LogP contribution in [0.4, 0.5) is 0 Å². The van der Waals surface area contributed by atoms with E-state index in [1.807, 2.05) is 13.8 Å². The van der Waals surface area contributed by atoms with Crippen molar-refractivity contribution in [2.75, 3.05) is 6.61 Å². The number of ether oxygens (including phenoxy) is 1. The topological polar surface area (TPSA) is 73.2 Å². The summed E-state index contributed by atoms with van der Waals surface area (Å²) in [6, 6.07) is 13.7. The summed E-state index contributed by atoms with van der Waals surface area (Å²) in [6.45, 7) is 5.76. The first-order valence-corrected chi connectivity index (χ1v) is 10.2. The molecule has 0 aliphatic heterocycles. The number of hydrogen-bond acceptors (Lipinski definition) is 4. The predicted molar refractivity (Wildman–Crippen MR) is 118 cm³/mol. The van der Waals surface area contributed by atoms with Crippen LogP contribution in [0.15, 0.2) is 48.5 Å². The number of nitrogens with one attached hydrogen (secondary N) is 1. The van der Waals surface area contributed by atoms with Crippen molar-refractivity contribution < 1.29 is 14.3 Å². The van der Waals surface area contributed by atoms with Crippen LogP contribution >= 0.6 is 23.2 Å². The van der Waals surface area contributed by atoms with Gasteiger partial charge in [0.2, 0.25) is 0 Å². The Kier molecular flexibility index (Phi) is 6.80. The molecule has 0 atom stereocenters. The number of esters is 1. The monoisotopic (exact) mass is 445 g/mol. The van der Waals surface area contributed by atoms with Crippen molar-refractivity contribution in [1.29, 1.82) is 0 Å². The maximum atomic E-state index is 12.3. The quantitative estimate of drug-likeness (QED) is 0.531. The molecule has 0 fully saturated rings. The number of amides is 1. The first kappa shape index (κ1) is 21.9. The number of aromatic nitrogens is 2. The largest absolute Gasteiger partial charge is 0.461 e. The van der Waals surface area contributed by atoms with Gasteiger partial charge in [-0.15, -0.1) is 0 Å². The molecule has 0 unspecified atom stereocenters. The van der Waals surface area contributed by atoms with Gasteiger partial charge in [0.1, 0.15) is 0 Å². The third-order valence-corrected chi connectivity index (χ3v) is 4.74. The van der Waals surface area contributed by atoms with Crippen LogP contribution in [-0.2, 0) is 4.74 Å². The highest BCUT2D eigenvalue weighted by Gasteiger charge is 2.19. The van der Waals surface area contributed by atoms with Crippen LogP contribution in [0.2, 0.25) is 10.0 Å². The molecule has 0 aliphatic rings. The average Bonchev–Trinajstić information content (AvgIpc) is 3.13. The van der Waals surface area contributed by atoms with Crippen LogP contribution in [-0.4, -0.2) is 34.3 Å². The molecule has 8 heteroatoms. The zero-order chi connectivity index (χ0) is 21.8. The minimum absolute atomic E-state index is 0.0362. The van der Waals surface area contributed by atoms with E-state index < -0.39 is 5.97 Å². The zero-order valence-electron chi connectivity index (χ0n) is 16.8. The summed E-state index contributed by atoms with van der Waals surface area (Å²) in [7, 11) is 0. The SMILES string of the molecule is CCOC(=O)c1cc(-c2ccc(Cl)cc2Cl)n(-c2ccc(C(=O)NC(C)C)cc2)n1. The first-order chi connectivity index (χ1) is 14.3. The number of rotatable bonds is 6. The number of hydrogen-bond donors (Lipinski definition) is 1. The number of halogens is 2. The maximum Gasteiger partial charge on any atom is 0.358 e. The molecule has 0 bridgehead atoms. The molecule has 0 aliphatic carbocycles. The van der Waals surface area contributed by atoms with Crippen molar-refractivity contribution in [3.63, 3.8) is 0 Å². The van der Waals surface area contributed by atoms with Crippen molar-refractivity contribution in [3.8, 4) is 16.9 Å². The van der Waals surface area contributed by atoms with Crippen molar-refractivity contribution in [1.82, 2.24) is 15.1 Å². The molecule has 1 amide bonds. The fraction of sp³-hybridized carbons (Fsp3) is 0.227. The third kappa shape index (κ3) is 4.83. The summed E-state index contributed by atoms with van der Waals surface area (Å²) >= 11 is 12.4. The van der Waals surface area contributed by atoms with Crippen molar-refractivity contribution in [3.05, 3.63) is 69.8 Å². The first-order valence-electron chi connectivity index (χ1n) is 9.44. The van der Waals surface area contributed by atoms with Gasteiger partial charge < -0.3 is 10.1 Å². The smallest absolute Gasteiger partial charge is 0.358 e. The summed E-state index contributed by atoms with van der Waals surface area (Å²) in [5.41, 5.74) is 2.59. The highest BCUT2D eigenvalue weighted by atomic mass is 35.5. The predicted octanol–water partition coefficient (Wildman–Crippen LogP) is 5.16. The number of nitrogens with zero attached hydrogens (tertiary/aromatic N) is 2. The Morgan fingerprint density at radius 2 is 1.80 bits per heavy atom. The molecule has 3 rings (SSSR count). The summed E-state index contributed by atoms with van der Waals surface area (Å²) in [4.78, 5) is 24.5. The highest BCUT2D eigenvalue weighted by molar-refractivity contribution is 6.36. The summed E-state index contributed by atoms with van der Waals surface area (Å²) in [5.74, 6) is -0.694. The van der Waals surface area contributed by atoms with E-state index in [2.05, 4.69) is 10.4 Å². The number of benzene rings is 2. The van der Waals surface area contributed by atoms with E-state index in [1.54, 1.807) is 60.1 Å². The normalized spacial score (nSPS) is 10.9. The van der Waals surface area contributed by atoms with E-state index in [0.717, 1.165) is 0 Å². The van der Waals surface area contributed by atoms with Crippen LogP contribution in [0.1, 0.15) is 41.6 Å². The molecule has 1 heterocycles. The Morgan fingerprint density at radius 3 is 2.40 bits per heavy atom. The van der Waals surface area contributed by atoms with E-state index in [0.29, 0.717) is 32.6 Å². The second kappa shape index (κ2) is 9.32. The molecule has 156 valence electrons. The lowest BCUT2D eigenvalue weighted by Gasteiger charge is -2.11. The van der Waals surface area contributed by atoms with Crippen LogP contribution in [0.5, 0.6) is 0 Å². The molecule has 2 aromatic carbocycles. The van der Waals surface area contributed by atoms with Gasteiger partial charge in [0.25, 0.3) is 5.91 Å². The molecule has 30 heavy (non-hydrogen) atoms. The van der Waals surface area contributed by atoms with Gasteiger partial charge in [-0.3, -0.25) is 4.79 Å². The van der Waals surface area contributed by atoms with Crippen molar-refractivity contribution in [2.45, 2.75) is 26.8 Å². The van der Waals surface area contributed by atoms with E-state index in [9.17, 15) is 9.59 Å². The van der Waals surface area contributed by atoms with Crippen LogP contribution < -0.4 is 5.32 Å². The molecule has 6 nitrogen and oxygen atoms in total. The summed E-state index contributed by atoms with van der Waals surface area (Å²) in [6.07, 6.45) is 0. The Bertz CT molecular complexity index is 1080. The lowest BCUT2D eigenvalue weighted by molar-refractivity contribution is 0.0518. The fourth-order valence-corrected chi connectivity index (χ4v) is 3.38. The van der Waals surface area contributed by atoms with Gasteiger partial charge in [-0.1, -0.05) is 23.2 Å². The fourth-order valence-electron chi connectivity index (χ4n) is 2.87. The summed E-state index contributed by atoms with van der Waals surface area (Å²) in [5, 5.41) is 8.18. The summed E-state index contributed by atoms with van der Waals surface area (Å²) < 4.78 is 6.67. The molecule has 0 saturated carbocycles. The number of carbonyl (C=O) groups is 2. The van der Waals surface area contributed by atoms with Gasteiger partial charge in [-0.2, -0.15) is 5.10 Å². The minimum Gasteiger partial charge on any atom is -0.461 e. The van der Waals surface area contributed by atoms with E-state index in [1.165, 1.54) is 0 Å². The van der Waals surface area contributed by atoms with Crippen LogP contribution in [0.3, 0.4) is 0 Å². The Morgan fingerprint density at radius 1 is 1.10 bits per heavy atom. The standard InChI is InChI=1S/C22H21Cl2N3O3/c1-4-30-22(29)19-12-20(17-10-7-15(23)11-18(17)24)27(26-19)16-8-5-14(6-9-16)21(28)25-13(2)3/h5-13H,4H2,1-3H3,(H,25,28). The lowest BCUT2D eigenvalue weighted by Crippen LogP contribution is -2.30. The van der Waals surface area contributed by atoms with Crippen LogP contribution in [0, 0.1) is 0 Å². The molecule has 1 N–H and O–H groups in total. The van der Waals surface area contributed by atoms with Gasteiger partial charge in [0, 0.05) is 22.2 Å². The molecule has 0 saturated heterocycles. The highest BCUT2D eigenvalue weighted by Crippen LogP contribution is 2.32.